The summed E-state index contributed by atoms with van der Waals surface area (Å²) in [5, 5.41) is 12.7. The van der Waals surface area contributed by atoms with Crippen molar-refractivity contribution in [2.24, 2.45) is 0 Å². The van der Waals surface area contributed by atoms with Crippen molar-refractivity contribution in [3.63, 3.8) is 0 Å². The monoisotopic (exact) mass is 413 g/mol. The molecule has 7 heteroatoms. The van der Waals surface area contributed by atoms with E-state index in [-0.39, 0.29) is 5.91 Å². The Labute approximate surface area is 177 Å². The first-order valence-corrected chi connectivity index (χ1v) is 11.3. The largest absolute Gasteiger partial charge is 0.378 e. The van der Waals surface area contributed by atoms with E-state index in [1.165, 1.54) is 37.4 Å². The molecule has 29 heavy (non-hydrogen) atoms. The third kappa shape index (κ3) is 5.85. The quantitative estimate of drug-likeness (QED) is 0.401. The van der Waals surface area contributed by atoms with Gasteiger partial charge in [0.25, 0.3) is 0 Å². The zero-order chi connectivity index (χ0) is 20.6. The number of carbonyl (C=O) groups is 1. The molecule has 1 N–H and O–H groups in total. The van der Waals surface area contributed by atoms with Gasteiger partial charge < -0.3 is 10.2 Å². The van der Waals surface area contributed by atoms with Crippen molar-refractivity contribution in [3.8, 4) is 11.4 Å². The lowest BCUT2D eigenvalue weighted by atomic mass is 10.1. The smallest absolute Gasteiger partial charge is 0.230 e. The summed E-state index contributed by atoms with van der Waals surface area (Å²) in [6.45, 7) is 4.46. The molecule has 1 amide bonds. The molecule has 0 spiro atoms. The van der Waals surface area contributed by atoms with Crippen molar-refractivity contribution < 1.29 is 4.79 Å². The molecule has 1 aliphatic carbocycles. The molecule has 0 atom stereocenters. The van der Waals surface area contributed by atoms with E-state index in [0.29, 0.717) is 18.3 Å². The maximum atomic E-state index is 12.4. The fourth-order valence-corrected chi connectivity index (χ4v) is 4.39. The molecule has 0 radical (unpaired) electrons. The predicted molar refractivity (Wildman–Crippen MR) is 120 cm³/mol. The summed E-state index contributed by atoms with van der Waals surface area (Å²) in [4.78, 5) is 14.5. The number of nitrogens with one attached hydrogen (secondary N) is 1. The summed E-state index contributed by atoms with van der Waals surface area (Å²) in [6, 6.07) is 8.55. The van der Waals surface area contributed by atoms with E-state index < -0.39 is 0 Å². The number of hydrogen-bond donors (Lipinski definition) is 1. The highest BCUT2D eigenvalue weighted by atomic mass is 32.2. The van der Waals surface area contributed by atoms with Gasteiger partial charge >= 0.3 is 0 Å². The first-order chi connectivity index (χ1) is 14.1. The molecular formula is C22H31N5OS. The number of benzene rings is 1. The number of anilines is 1. The number of nitrogens with zero attached hydrogens (tertiary/aromatic N) is 4. The Hall–Kier alpha value is -2.28. The van der Waals surface area contributed by atoms with Crippen LogP contribution in [0.3, 0.4) is 0 Å². The molecule has 0 aliphatic heterocycles. The van der Waals surface area contributed by atoms with Crippen LogP contribution < -0.4 is 10.2 Å². The van der Waals surface area contributed by atoms with E-state index in [0.717, 1.165) is 35.1 Å². The van der Waals surface area contributed by atoms with Crippen LogP contribution >= 0.6 is 11.8 Å². The Balaban J connectivity index is 1.66. The second-order valence-corrected chi connectivity index (χ2v) is 8.63. The predicted octanol–water partition coefficient (Wildman–Crippen LogP) is 4.13. The molecule has 3 rings (SSSR count). The number of amides is 1. The molecular weight excluding hydrogens is 382 g/mol. The van der Waals surface area contributed by atoms with E-state index >= 15 is 0 Å². The molecule has 1 saturated carbocycles. The van der Waals surface area contributed by atoms with Crippen molar-refractivity contribution in [2.75, 3.05) is 24.7 Å². The lowest BCUT2D eigenvalue weighted by molar-refractivity contribution is -0.119. The minimum absolute atomic E-state index is 0.0759. The highest BCUT2D eigenvalue weighted by Crippen LogP contribution is 2.26. The molecule has 1 aliphatic rings. The van der Waals surface area contributed by atoms with Gasteiger partial charge in [0, 0.05) is 37.9 Å². The summed E-state index contributed by atoms with van der Waals surface area (Å²) in [5.74, 6) is 1.22. The number of rotatable bonds is 8. The Morgan fingerprint density at radius 3 is 2.52 bits per heavy atom. The molecule has 1 aromatic heterocycles. The third-order valence-electron chi connectivity index (χ3n) is 5.22. The summed E-state index contributed by atoms with van der Waals surface area (Å²) < 4.78 is 2.02. The Bertz CT molecular complexity index is 807. The van der Waals surface area contributed by atoms with Gasteiger partial charge in [-0.2, -0.15) is 0 Å². The molecule has 156 valence electrons. The van der Waals surface area contributed by atoms with Gasteiger partial charge in [-0.3, -0.25) is 9.36 Å². The van der Waals surface area contributed by atoms with Crippen LogP contribution in [0.15, 0.2) is 42.1 Å². The van der Waals surface area contributed by atoms with Crippen LogP contribution in [0.4, 0.5) is 5.69 Å². The second-order valence-electron chi connectivity index (χ2n) is 7.69. The van der Waals surface area contributed by atoms with Crippen LogP contribution in [0.25, 0.3) is 11.4 Å². The molecule has 1 heterocycles. The SMILES string of the molecule is C=CCn1c(SCC(=O)NC2CCCCCC2)nnc1-c1ccc(N(C)C)cc1. The highest BCUT2D eigenvalue weighted by Gasteiger charge is 2.18. The van der Waals surface area contributed by atoms with Gasteiger partial charge in [-0.15, -0.1) is 16.8 Å². The maximum absolute atomic E-state index is 12.4. The average Bonchev–Trinajstić information content (AvgIpc) is 2.93. The average molecular weight is 414 g/mol. The molecule has 0 bridgehead atoms. The lowest BCUT2D eigenvalue weighted by Crippen LogP contribution is -2.35. The third-order valence-corrected chi connectivity index (χ3v) is 6.19. The summed E-state index contributed by atoms with van der Waals surface area (Å²) in [5.41, 5.74) is 2.13. The van der Waals surface area contributed by atoms with Crippen LogP contribution in [0.5, 0.6) is 0 Å². The minimum Gasteiger partial charge on any atom is -0.378 e. The second kappa shape index (κ2) is 10.5. The number of hydrogen-bond acceptors (Lipinski definition) is 5. The van der Waals surface area contributed by atoms with Crippen molar-refractivity contribution in [1.82, 2.24) is 20.1 Å². The first-order valence-electron chi connectivity index (χ1n) is 10.3. The zero-order valence-corrected chi connectivity index (χ0v) is 18.2. The molecule has 1 fully saturated rings. The molecule has 2 aromatic rings. The molecule has 6 nitrogen and oxygen atoms in total. The van der Waals surface area contributed by atoms with Crippen LogP contribution in [-0.4, -0.2) is 46.6 Å². The van der Waals surface area contributed by atoms with Crippen molar-refractivity contribution >= 4 is 23.4 Å². The van der Waals surface area contributed by atoms with Crippen molar-refractivity contribution in [2.45, 2.75) is 56.3 Å². The van der Waals surface area contributed by atoms with E-state index in [2.05, 4.69) is 39.1 Å². The van der Waals surface area contributed by atoms with Gasteiger partial charge in [-0.05, 0) is 37.1 Å². The van der Waals surface area contributed by atoms with Crippen molar-refractivity contribution in [1.29, 1.82) is 0 Å². The lowest BCUT2D eigenvalue weighted by Gasteiger charge is -2.16. The fraction of sp³-hybridized carbons (Fsp3) is 0.500. The van der Waals surface area contributed by atoms with Gasteiger partial charge in [-0.25, -0.2) is 0 Å². The maximum Gasteiger partial charge on any atom is 0.230 e. The van der Waals surface area contributed by atoms with E-state index in [9.17, 15) is 4.79 Å². The van der Waals surface area contributed by atoms with Gasteiger partial charge in [0.05, 0.1) is 5.75 Å². The topological polar surface area (TPSA) is 63.1 Å². The highest BCUT2D eigenvalue weighted by molar-refractivity contribution is 7.99. The number of allylic oxidation sites excluding steroid dienone is 1. The van der Waals surface area contributed by atoms with E-state index in [1.54, 1.807) is 0 Å². The number of thioether (sulfide) groups is 1. The van der Waals surface area contributed by atoms with Crippen LogP contribution in [0, 0.1) is 0 Å². The standard InChI is InChI=1S/C22H31N5OS/c1-4-15-27-21(17-11-13-19(14-12-17)26(2)3)24-25-22(27)29-16-20(28)23-18-9-7-5-6-8-10-18/h4,11-14,18H,1,5-10,15-16H2,2-3H3,(H,23,28). The summed E-state index contributed by atoms with van der Waals surface area (Å²) in [7, 11) is 4.04. The van der Waals surface area contributed by atoms with E-state index in [4.69, 9.17) is 0 Å². The van der Waals surface area contributed by atoms with Crippen LogP contribution in [0.2, 0.25) is 0 Å². The van der Waals surface area contributed by atoms with Gasteiger partial charge in [0.1, 0.15) is 0 Å². The fourth-order valence-electron chi connectivity index (χ4n) is 3.63. The zero-order valence-electron chi connectivity index (χ0n) is 17.4. The van der Waals surface area contributed by atoms with Crippen molar-refractivity contribution in [3.05, 3.63) is 36.9 Å². The van der Waals surface area contributed by atoms with Crippen LogP contribution in [-0.2, 0) is 11.3 Å². The minimum atomic E-state index is 0.0759. The number of carbonyl (C=O) groups excluding carboxylic acids is 1. The van der Waals surface area contributed by atoms with Gasteiger partial charge in [0.15, 0.2) is 11.0 Å². The Kier molecular flexibility index (Phi) is 7.75. The van der Waals surface area contributed by atoms with Gasteiger partial charge in [-0.1, -0.05) is 43.5 Å². The molecule has 1 aromatic carbocycles. The summed E-state index contributed by atoms with van der Waals surface area (Å²) >= 11 is 1.43. The normalized spacial score (nSPS) is 15.0. The van der Waals surface area contributed by atoms with E-state index in [1.807, 2.05) is 36.9 Å². The van der Waals surface area contributed by atoms with Gasteiger partial charge in [0.2, 0.25) is 5.91 Å². The molecule has 0 unspecified atom stereocenters. The first kappa shape index (κ1) is 21.4. The Morgan fingerprint density at radius 1 is 1.21 bits per heavy atom. The Morgan fingerprint density at radius 2 is 1.90 bits per heavy atom. The molecule has 0 saturated heterocycles. The number of aromatic nitrogens is 3. The van der Waals surface area contributed by atoms with Crippen LogP contribution in [0.1, 0.15) is 38.5 Å². The summed E-state index contributed by atoms with van der Waals surface area (Å²) in [6.07, 6.45) is 9.00.